The molecule has 0 saturated heterocycles. The molecule has 1 N–H and O–H groups in total. The quantitative estimate of drug-likeness (QED) is 0.852. The van der Waals surface area contributed by atoms with Crippen LogP contribution in [0.5, 0.6) is 0 Å². The van der Waals surface area contributed by atoms with Gasteiger partial charge in [0, 0.05) is 10.8 Å². The molecule has 0 fully saturated rings. The molecule has 0 aliphatic heterocycles. The summed E-state index contributed by atoms with van der Waals surface area (Å²) in [5.41, 5.74) is 4.99. The summed E-state index contributed by atoms with van der Waals surface area (Å²) < 4.78 is 0. The first-order chi connectivity index (χ1) is 9.16. The van der Waals surface area contributed by atoms with E-state index in [9.17, 15) is 5.11 Å². The van der Waals surface area contributed by atoms with E-state index in [0.29, 0.717) is 0 Å². The number of aliphatic hydroxyl groups is 1. The maximum Gasteiger partial charge on any atom is 0.0859 e. The third-order valence-electron chi connectivity index (χ3n) is 4.35. The number of aliphatic hydroxyl groups excluding tert-OH is 1. The number of fused-ring (bicyclic) bond motifs is 1. The van der Waals surface area contributed by atoms with E-state index in [0.717, 1.165) is 12.0 Å². The van der Waals surface area contributed by atoms with Crippen molar-refractivity contribution in [1.29, 1.82) is 0 Å². The minimum atomic E-state index is -0.368. The lowest BCUT2D eigenvalue weighted by molar-refractivity contribution is 0.136. The monoisotopic (exact) mass is 272 g/mol. The first kappa shape index (κ1) is 12.9. The Hall–Kier alpha value is -1.12. The summed E-state index contributed by atoms with van der Waals surface area (Å²) in [6, 6.07) is 8.54. The highest BCUT2D eigenvalue weighted by Gasteiger charge is 2.28. The molecule has 0 amide bonds. The molecule has 1 aromatic heterocycles. The third-order valence-corrected chi connectivity index (χ3v) is 5.35. The summed E-state index contributed by atoms with van der Waals surface area (Å²) in [6.45, 7) is 4.23. The van der Waals surface area contributed by atoms with Crippen LogP contribution in [0, 0.1) is 13.8 Å². The molecule has 2 unspecified atom stereocenters. The van der Waals surface area contributed by atoms with E-state index in [-0.39, 0.29) is 12.0 Å². The number of benzene rings is 1. The summed E-state index contributed by atoms with van der Waals surface area (Å²) in [4.78, 5) is 1.47. The number of hydrogen-bond acceptors (Lipinski definition) is 2. The van der Waals surface area contributed by atoms with Gasteiger partial charge in [-0.1, -0.05) is 18.2 Å². The van der Waals surface area contributed by atoms with Crippen molar-refractivity contribution >= 4 is 11.3 Å². The predicted molar refractivity (Wildman–Crippen MR) is 80.9 cm³/mol. The van der Waals surface area contributed by atoms with Gasteiger partial charge in [0.25, 0.3) is 0 Å². The van der Waals surface area contributed by atoms with Crippen molar-refractivity contribution in [3.05, 3.63) is 56.8 Å². The van der Waals surface area contributed by atoms with Gasteiger partial charge in [0.05, 0.1) is 6.10 Å². The van der Waals surface area contributed by atoms with Crippen LogP contribution in [0.15, 0.2) is 29.6 Å². The predicted octanol–water partition coefficient (Wildman–Crippen LogP) is 4.52. The molecule has 2 heteroatoms. The highest BCUT2D eigenvalue weighted by atomic mass is 32.1. The summed E-state index contributed by atoms with van der Waals surface area (Å²) in [5.74, 6) is 0.275. The van der Waals surface area contributed by atoms with Crippen molar-refractivity contribution in [3.8, 4) is 0 Å². The second-order valence-corrected chi connectivity index (χ2v) is 6.59. The van der Waals surface area contributed by atoms with Gasteiger partial charge < -0.3 is 5.11 Å². The molecule has 1 heterocycles. The lowest BCUT2D eigenvalue weighted by atomic mass is 9.81. The third kappa shape index (κ3) is 2.35. The first-order valence-corrected chi connectivity index (χ1v) is 7.86. The van der Waals surface area contributed by atoms with Crippen LogP contribution in [-0.4, -0.2) is 5.11 Å². The second kappa shape index (κ2) is 5.10. The topological polar surface area (TPSA) is 20.2 Å². The Morgan fingerprint density at radius 2 is 2.05 bits per heavy atom. The van der Waals surface area contributed by atoms with Crippen LogP contribution in [0.1, 0.15) is 52.0 Å². The molecule has 0 radical (unpaired) electrons. The Morgan fingerprint density at radius 3 is 2.84 bits per heavy atom. The van der Waals surface area contributed by atoms with Gasteiger partial charge in [-0.05, 0) is 66.8 Å². The molecule has 2 aromatic rings. The molecule has 0 bridgehead atoms. The molecule has 19 heavy (non-hydrogen) atoms. The lowest BCUT2D eigenvalue weighted by Gasteiger charge is -2.28. The van der Waals surface area contributed by atoms with E-state index in [1.807, 2.05) is 11.3 Å². The van der Waals surface area contributed by atoms with Gasteiger partial charge in [-0.3, -0.25) is 0 Å². The Kier molecular flexibility index (Phi) is 3.46. The molecule has 0 saturated carbocycles. The molecule has 100 valence electrons. The van der Waals surface area contributed by atoms with Crippen molar-refractivity contribution in [3.63, 3.8) is 0 Å². The summed E-state index contributed by atoms with van der Waals surface area (Å²) in [6.07, 6.45) is 3.11. The van der Waals surface area contributed by atoms with Gasteiger partial charge in [-0.15, -0.1) is 11.3 Å². The number of thiophene rings is 1. The molecule has 2 atom stereocenters. The van der Waals surface area contributed by atoms with E-state index in [4.69, 9.17) is 0 Å². The zero-order valence-corrected chi connectivity index (χ0v) is 12.3. The fourth-order valence-corrected chi connectivity index (χ4v) is 4.03. The van der Waals surface area contributed by atoms with E-state index >= 15 is 0 Å². The number of hydrogen-bond donors (Lipinski definition) is 1. The highest BCUT2D eigenvalue weighted by Crippen LogP contribution is 2.42. The fourth-order valence-electron chi connectivity index (χ4n) is 3.03. The van der Waals surface area contributed by atoms with Gasteiger partial charge in [-0.2, -0.15) is 0 Å². The van der Waals surface area contributed by atoms with Crippen molar-refractivity contribution in [2.75, 3.05) is 0 Å². The molecule has 1 aromatic carbocycles. The molecular formula is C17H20OS. The summed E-state index contributed by atoms with van der Waals surface area (Å²) in [7, 11) is 0. The molecule has 0 spiro atoms. The molecule has 1 nitrogen and oxygen atoms in total. The highest BCUT2D eigenvalue weighted by molar-refractivity contribution is 7.10. The second-order valence-electron chi connectivity index (χ2n) is 5.59. The van der Waals surface area contributed by atoms with Crippen LogP contribution < -0.4 is 0 Å². The minimum absolute atomic E-state index is 0.275. The van der Waals surface area contributed by atoms with Crippen molar-refractivity contribution < 1.29 is 5.11 Å². The van der Waals surface area contributed by atoms with Crippen LogP contribution >= 0.6 is 11.3 Å². The van der Waals surface area contributed by atoms with E-state index < -0.39 is 0 Å². The van der Waals surface area contributed by atoms with Crippen LogP contribution in [0.25, 0.3) is 0 Å². The lowest BCUT2D eigenvalue weighted by Crippen LogP contribution is -2.15. The number of rotatable bonds is 2. The molecular weight excluding hydrogens is 252 g/mol. The number of aryl methyl sites for hydroxylation is 3. The van der Waals surface area contributed by atoms with Gasteiger partial charge in [0.2, 0.25) is 0 Å². The zero-order valence-electron chi connectivity index (χ0n) is 11.5. The van der Waals surface area contributed by atoms with Gasteiger partial charge in [0.15, 0.2) is 0 Å². The average molecular weight is 272 g/mol. The van der Waals surface area contributed by atoms with Gasteiger partial charge in [-0.25, -0.2) is 0 Å². The van der Waals surface area contributed by atoms with E-state index in [1.165, 1.54) is 34.4 Å². The summed E-state index contributed by atoms with van der Waals surface area (Å²) in [5, 5.41) is 12.9. The Bertz CT molecular complexity index is 585. The van der Waals surface area contributed by atoms with E-state index in [1.54, 1.807) is 0 Å². The molecule has 1 aliphatic carbocycles. The average Bonchev–Trinajstić information content (AvgIpc) is 2.89. The minimum Gasteiger partial charge on any atom is -0.388 e. The van der Waals surface area contributed by atoms with Crippen molar-refractivity contribution in [2.24, 2.45) is 0 Å². The molecule has 1 aliphatic rings. The smallest absolute Gasteiger partial charge is 0.0859 e. The summed E-state index contributed by atoms with van der Waals surface area (Å²) >= 11 is 1.84. The largest absolute Gasteiger partial charge is 0.388 e. The maximum atomic E-state index is 10.7. The van der Waals surface area contributed by atoms with Crippen LogP contribution in [0.3, 0.4) is 0 Å². The Labute approximate surface area is 118 Å². The zero-order chi connectivity index (χ0) is 13.4. The maximum absolute atomic E-state index is 10.7. The standard InChI is InChI=1S/C17H20OS/c1-11-6-7-13(10-12(11)2)17(18)15-4-3-5-16-14(15)8-9-19-16/h6-10,15,17-18H,3-5H2,1-2H3. The van der Waals surface area contributed by atoms with Crippen LogP contribution in [0.4, 0.5) is 0 Å². The Morgan fingerprint density at radius 1 is 1.21 bits per heavy atom. The van der Waals surface area contributed by atoms with Crippen LogP contribution in [0.2, 0.25) is 0 Å². The van der Waals surface area contributed by atoms with Crippen molar-refractivity contribution in [1.82, 2.24) is 0 Å². The van der Waals surface area contributed by atoms with Gasteiger partial charge in [0.1, 0.15) is 0 Å². The normalized spacial score (nSPS) is 20.1. The first-order valence-electron chi connectivity index (χ1n) is 6.98. The van der Waals surface area contributed by atoms with E-state index in [2.05, 4.69) is 43.5 Å². The SMILES string of the molecule is Cc1ccc(C(O)C2CCCc3sccc32)cc1C. The molecule has 3 rings (SSSR count). The van der Waals surface area contributed by atoms with Crippen molar-refractivity contribution in [2.45, 2.75) is 45.1 Å². The van der Waals surface area contributed by atoms with Crippen LogP contribution in [-0.2, 0) is 6.42 Å². The Balaban J connectivity index is 1.93. The fraction of sp³-hybridized carbons (Fsp3) is 0.412. The van der Waals surface area contributed by atoms with Gasteiger partial charge >= 0.3 is 0 Å².